The fraction of sp³-hybridized carbons (Fsp3) is 0.286. The predicted octanol–water partition coefficient (Wildman–Crippen LogP) is 2.52. The summed E-state index contributed by atoms with van der Waals surface area (Å²) < 4.78 is 0. The summed E-state index contributed by atoms with van der Waals surface area (Å²) in [4.78, 5) is 12.1. The van der Waals surface area contributed by atoms with Gasteiger partial charge in [-0.15, -0.1) is 0 Å². The topological polar surface area (TPSA) is 45.8 Å². The largest absolute Gasteiger partial charge is 0.287 e. The van der Waals surface area contributed by atoms with Crippen LogP contribution in [0.1, 0.15) is 40.0 Å². The third-order valence-electron chi connectivity index (χ3n) is 3.36. The van der Waals surface area contributed by atoms with Crippen LogP contribution in [0.5, 0.6) is 0 Å². The first kappa shape index (κ1) is 10.3. The number of H-pyrrole nitrogens is 1. The molecule has 1 N–H and O–H groups in total. The Morgan fingerprint density at radius 3 is 2.71 bits per heavy atom. The molecule has 86 valence electrons. The van der Waals surface area contributed by atoms with E-state index in [1.165, 1.54) is 24.0 Å². The van der Waals surface area contributed by atoms with E-state index in [2.05, 4.69) is 16.3 Å². The maximum Gasteiger partial charge on any atom is 0.210 e. The van der Waals surface area contributed by atoms with E-state index in [1.807, 2.05) is 12.1 Å². The number of carbonyl (C=O) groups is 1. The van der Waals surface area contributed by atoms with Crippen molar-refractivity contribution in [3.05, 3.63) is 52.8 Å². The zero-order valence-electron chi connectivity index (χ0n) is 9.57. The Morgan fingerprint density at radius 1 is 1.12 bits per heavy atom. The van der Waals surface area contributed by atoms with Crippen LogP contribution in [0.3, 0.4) is 0 Å². The number of carbonyl (C=O) groups excluding carboxylic acids is 1. The predicted molar refractivity (Wildman–Crippen MR) is 65.1 cm³/mol. The van der Waals surface area contributed by atoms with E-state index < -0.39 is 0 Å². The second-order valence-electron chi connectivity index (χ2n) is 4.49. The molecule has 1 aromatic heterocycles. The molecule has 0 amide bonds. The summed E-state index contributed by atoms with van der Waals surface area (Å²) >= 11 is 0. The minimum atomic E-state index is 0.0240. The fourth-order valence-corrected chi connectivity index (χ4v) is 2.41. The van der Waals surface area contributed by atoms with Gasteiger partial charge in [-0.05, 0) is 48.9 Å². The average molecular weight is 226 g/mol. The van der Waals surface area contributed by atoms with E-state index in [0.717, 1.165) is 18.4 Å². The number of hydrogen-bond acceptors (Lipinski definition) is 2. The molecule has 0 saturated heterocycles. The summed E-state index contributed by atoms with van der Waals surface area (Å²) in [5, 5.41) is 6.53. The number of aryl methyl sites for hydroxylation is 2. The van der Waals surface area contributed by atoms with Crippen LogP contribution in [-0.4, -0.2) is 16.0 Å². The van der Waals surface area contributed by atoms with Gasteiger partial charge in [0.25, 0.3) is 0 Å². The Hall–Kier alpha value is -1.90. The highest BCUT2D eigenvalue weighted by atomic mass is 16.1. The third kappa shape index (κ3) is 1.88. The zero-order valence-corrected chi connectivity index (χ0v) is 9.57. The number of benzene rings is 1. The molecule has 0 spiro atoms. The first-order chi connectivity index (χ1) is 8.34. The number of rotatable bonds is 2. The highest BCUT2D eigenvalue weighted by Gasteiger charge is 2.14. The van der Waals surface area contributed by atoms with Gasteiger partial charge in [0.2, 0.25) is 5.78 Å². The number of aromatic amines is 1. The Bertz CT molecular complexity index is 543. The van der Waals surface area contributed by atoms with E-state index in [4.69, 9.17) is 0 Å². The minimum absolute atomic E-state index is 0.0240. The Labute approximate surface area is 99.9 Å². The highest BCUT2D eigenvalue weighted by molar-refractivity contribution is 6.07. The van der Waals surface area contributed by atoms with Crippen LogP contribution in [0.25, 0.3) is 0 Å². The van der Waals surface area contributed by atoms with E-state index >= 15 is 0 Å². The zero-order chi connectivity index (χ0) is 11.7. The molecule has 3 rings (SSSR count). The van der Waals surface area contributed by atoms with Crippen molar-refractivity contribution in [3.63, 3.8) is 0 Å². The van der Waals surface area contributed by atoms with Gasteiger partial charge in [0, 0.05) is 11.8 Å². The molecule has 0 saturated carbocycles. The standard InChI is InChI=1S/C14H14N2O/c17-14(13-7-8-15-16-13)12-6-5-10-3-1-2-4-11(10)9-12/h5-9H,1-4H2,(H,15,16). The number of nitrogens with zero attached hydrogens (tertiary/aromatic N) is 1. The number of hydrogen-bond donors (Lipinski definition) is 1. The second kappa shape index (κ2) is 4.17. The van der Waals surface area contributed by atoms with E-state index in [0.29, 0.717) is 5.69 Å². The molecule has 2 aromatic rings. The van der Waals surface area contributed by atoms with Crippen LogP contribution in [0.2, 0.25) is 0 Å². The molecular weight excluding hydrogens is 212 g/mol. The molecule has 0 unspecified atom stereocenters. The summed E-state index contributed by atoms with van der Waals surface area (Å²) in [6, 6.07) is 7.77. The van der Waals surface area contributed by atoms with Crippen molar-refractivity contribution >= 4 is 5.78 Å². The molecule has 0 radical (unpaired) electrons. The Morgan fingerprint density at radius 2 is 1.94 bits per heavy atom. The maximum atomic E-state index is 12.1. The van der Waals surface area contributed by atoms with Gasteiger partial charge in [-0.3, -0.25) is 9.89 Å². The SMILES string of the molecule is O=C(c1ccc2c(c1)CCCC2)c1ccn[nH]1. The van der Waals surface area contributed by atoms with Crippen molar-refractivity contribution < 1.29 is 4.79 Å². The van der Waals surface area contributed by atoms with Crippen molar-refractivity contribution in [2.75, 3.05) is 0 Å². The molecule has 0 atom stereocenters. The molecule has 1 heterocycles. The summed E-state index contributed by atoms with van der Waals surface area (Å²) in [7, 11) is 0. The number of ketones is 1. The fourth-order valence-electron chi connectivity index (χ4n) is 2.41. The van der Waals surface area contributed by atoms with Gasteiger partial charge in [0.15, 0.2) is 0 Å². The van der Waals surface area contributed by atoms with Crippen LogP contribution in [0.4, 0.5) is 0 Å². The molecular formula is C14H14N2O. The van der Waals surface area contributed by atoms with Gasteiger partial charge in [-0.25, -0.2) is 0 Å². The monoisotopic (exact) mass is 226 g/mol. The van der Waals surface area contributed by atoms with Gasteiger partial charge in [-0.1, -0.05) is 12.1 Å². The van der Waals surface area contributed by atoms with Gasteiger partial charge in [0.1, 0.15) is 5.69 Å². The van der Waals surface area contributed by atoms with Crippen LogP contribution in [0.15, 0.2) is 30.5 Å². The maximum absolute atomic E-state index is 12.1. The molecule has 3 heteroatoms. The lowest BCUT2D eigenvalue weighted by atomic mass is 9.89. The van der Waals surface area contributed by atoms with Gasteiger partial charge in [0.05, 0.1) is 0 Å². The van der Waals surface area contributed by atoms with E-state index in [-0.39, 0.29) is 5.78 Å². The smallest absolute Gasteiger partial charge is 0.210 e. The summed E-state index contributed by atoms with van der Waals surface area (Å²) in [5.41, 5.74) is 4.05. The Balaban J connectivity index is 1.96. The number of aromatic nitrogens is 2. The van der Waals surface area contributed by atoms with E-state index in [1.54, 1.807) is 12.3 Å². The molecule has 1 aliphatic carbocycles. The molecule has 0 bridgehead atoms. The third-order valence-corrected chi connectivity index (χ3v) is 3.36. The molecule has 1 aromatic carbocycles. The molecule has 17 heavy (non-hydrogen) atoms. The Kier molecular flexibility index (Phi) is 2.52. The molecule has 1 aliphatic rings. The summed E-state index contributed by atoms with van der Waals surface area (Å²) in [5.74, 6) is 0.0240. The number of nitrogens with one attached hydrogen (secondary N) is 1. The van der Waals surface area contributed by atoms with Crippen LogP contribution in [0, 0.1) is 0 Å². The average Bonchev–Trinajstić information content (AvgIpc) is 2.91. The molecule has 3 nitrogen and oxygen atoms in total. The lowest BCUT2D eigenvalue weighted by molar-refractivity contribution is 0.103. The van der Waals surface area contributed by atoms with Crippen molar-refractivity contribution in [1.82, 2.24) is 10.2 Å². The summed E-state index contributed by atoms with van der Waals surface area (Å²) in [6.07, 6.45) is 6.34. The summed E-state index contributed by atoms with van der Waals surface area (Å²) in [6.45, 7) is 0. The lowest BCUT2D eigenvalue weighted by Crippen LogP contribution is -2.07. The molecule has 0 aliphatic heterocycles. The minimum Gasteiger partial charge on any atom is -0.287 e. The van der Waals surface area contributed by atoms with Crippen molar-refractivity contribution in [2.45, 2.75) is 25.7 Å². The quantitative estimate of drug-likeness (QED) is 0.800. The highest BCUT2D eigenvalue weighted by Crippen LogP contribution is 2.23. The first-order valence-corrected chi connectivity index (χ1v) is 6.00. The molecule has 0 fully saturated rings. The van der Waals surface area contributed by atoms with Gasteiger partial charge >= 0.3 is 0 Å². The van der Waals surface area contributed by atoms with Crippen LogP contribution in [-0.2, 0) is 12.8 Å². The number of fused-ring (bicyclic) bond motifs is 1. The van der Waals surface area contributed by atoms with E-state index in [9.17, 15) is 4.79 Å². The van der Waals surface area contributed by atoms with Crippen molar-refractivity contribution in [2.24, 2.45) is 0 Å². The van der Waals surface area contributed by atoms with Crippen LogP contribution >= 0.6 is 0 Å². The normalized spacial score (nSPS) is 14.4. The van der Waals surface area contributed by atoms with Crippen LogP contribution < -0.4 is 0 Å². The van der Waals surface area contributed by atoms with Gasteiger partial charge in [-0.2, -0.15) is 5.10 Å². The van der Waals surface area contributed by atoms with Crippen molar-refractivity contribution in [1.29, 1.82) is 0 Å². The first-order valence-electron chi connectivity index (χ1n) is 6.00. The second-order valence-corrected chi connectivity index (χ2v) is 4.49. The van der Waals surface area contributed by atoms with Gasteiger partial charge < -0.3 is 0 Å². The lowest BCUT2D eigenvalue weighted by Gasteiger charge is -2.15. The van der Waals surface area contributed by atoms with Crippen molar-refractivity contribution in [3.8, 4) is 0 Å².